The molecule has 33 heavy (non-hydrogen) atoms. The Morgan fingerprint density at radius 3 is 2.67 bits per heavy atom. The SMILES string of the molecule is CC1(N)C=C(Cn2c(C(O)O)c(C3=CC=CCCC3=O)c3cc(C(F)(F)F)ccc32)C=CC1. The summed E-state index contributed by atoms with van der Waals surface area (Å²) >= 11 is 0. The van der Waals surface area contributed by atoms with Gasteiger partial charge >= 0.3 is 6.18 Å². The van der Waals surface area contributed by atoms with Crippen LogP contribution in [-0.2, 0) is 17.5 Å². The molecule has 2 aliphatic rings. The number of rotatable bonds is 4. The minimum Gasteiger partial charge on any atom is -0.363 e. The van der Waals surface area contributed by atoms with Gasteiger partial charge in [0, 0.05) is 40.5 Å². The van der Waals surface area contributed by atoms with Crippen molar-refractivity contribution in [3.8, 4) is 0 Å². The molecular formula is C25H25F3N2O3. The minimum absolute atomic E-state index is 0.0298. The zero-order valence-corrected chi connectivity index (χ0v) is 18.1. The lowest BCUT2D eigenvalue weighted by atomic mass is 9.91. The maximum Gasteiger partial charge on any atom is 0.416 e. The van der Waals surface area contributed by atoms with Gasteiger partial charge in [-0.3, -0.25) is 4.79 Å². The van der Waals surface area contributed by atoms with Crippen molar-refractivity contribution in [2.75, 3.05) is 0 Å². The summed E-state index contributed by atoms with van der Waals surface area (Å²) in [6.45, 7) is 2.00. The van der Waals surface area contributed by atoms with Crippen LogP contribution < -0.4 is 5.73 Å². The van der Waals surface area contributed by atoms with Gasteiger partial charge in [0.2, 0.25) is 0 Å². The van der Waals surface area contributed by atoms with E-state index in [0.29, 0.717) is 18.4 Å². The number of carbonyl (C=O) groups excluding carboxylic acids is 1. The summed E-state index contributed by atoms with van der Waals surface area (Å²) in [7, 11) is 0. The van der Waals surface area contributed by atoms with Crippen molar-refractivity contribution in [1.82, 2.24) is 4.57 Å². The number of Topliss-reactive ketones (excluding diaryl/α,β-unsaturated/α-hetero) is 1. The summed E-state index contributed by atoms with van der Waals surface area (Å²) in [5.41, 5.74) is 6.14. The summed E-state index contributed by atoms with van der Waals surface area (Å²) in [5.74, 6) is -0.273. The fraction of sp³-hybridized carbons (Fsp3) is 0.320. The van der Waals surface area contributed by atoms with Gasteiger partial charge in [-0.1, -0.05) is 36.5 Å². The molecule has 2 aromatic rings. The van der Waals surface area contributed by atoms with E-state index >= 15 is 0 Å². The molecule has 174 valence electrons. The zero-order chi connectivity index (χ0) is 24.0. The highest BCUT2D eigenvalue weighted by Gasteiger charge is 2.33. The predicted molar refractivity (Wildman–Crippen MR) is 120 cm³/mol. The number of nitrogens with two attached hydrogens (primary N) is 1. The van der Waals surface area contributed by atoms with E-state index in [0.717, 1.165) is 17.7 Å². The van der Waals surface area contributed by atoms with Crippen LogP contribution in [0.25, 0.3) is 16.5 Å². The number of halogens is 3. The normalized spacial score (nSPS) is 21.5. The van der Waals surface area contributed by atoms with Crippen LogP contribution in [-0.4, -0.2) is 26.1 Å². The fourth-order valence-electron chi connectivity index (χ4n) is 4.47. The van der Waals surface area contributed by atoms with E-state index in [1.54, 1.807) is 16.7 Å². The standard InChI is InChI=1S/C25H25F3N2O3/c1-24(29)11-5-6-15(13-24)14-30-19-10-9-16(25(26,27)28)12-18(19)21(22(30)23(32)33)17-7-3-2-4-8-20(17)31/h2-3,5-7,9-10,12-13,23,32-33H,4,8,11,14,29H2,1H3. The summed E-state index contributed by atoms with van der Waals surface area (Å²) in [6.07, 6.45) is 5.29. The number of aromatic nitrogens is 1. The molecule has 0 radical (unpaired) electrons. The quantitative estimate of drug-likeness (QED) is 0.587. The number of carbonyl (C=O) groups is 1. The zero-order valence-electron chi connectivity index (χ0n) is 18.1. The topological polar surface area (TPSA) is 88.5 Å². The van der Waals surface area contributed by atoms with Gasteiger partial charge in [-0.05, 0) is 43.5 Å². The predicted octanol–water partition coefficient (Wildman–Crippen LogP) is 4.55. The smallest absolute Gasteiger partial charge is 0.363 e. The monoisotopic (exact) mass is 458 g/mol. The van der Waals surface area contributed by atoms with Crippen molar-refractivity contribution in [3.05, 3.63) is 77.0 Å². The first-order chi connectivity index (χ1) is 15.5. The van der Waals surface area contributed by atoms with Gasteiger partial charge in [0.25, 0.3) is 0 Å². The molecule has 4 rings (SSSR count). The Labute approximate surface area is 189 Å². The highest BCUT2D eigenvalue weighted by atomic mass is 19.4. The van der Waals surface area contributed by atoms with E-state index in [4.69, 9.17) is 5.73 Å². The number of aliphatic hydroxyl groups is 2. The fourth-order valence-corrected chi connectivity index (χ4v) is 4.47. The summed E-state index contributed by atoms with van der Waals surface area (Å²) in [6, 6.07) is 3.23. The van der Waals surface area contributed by atoms with E-state index in [1.165, 1.54) is 12.1 Å². The lowest BCUT2D eigenvalue weighted by Gasteiger charge is -2.24. The third-order valence-corrected chi connectivity index (χ3v) is 5.93. The van der Waals surface area contributed by atoms with E-state index in [1.807, 2.05) is 25.2 Å². The number of hydrogen-bond acceptors (Lipinski definition) is 4. The van der Waals surface area contributed by atoms with Gasteiger partial charge in [0.15, 0.2) is 12.1 Å². The molecule has 0 bridgehead atoms. The second-order valence-electron chi connectivity index (χ2n) is 8.75. The van der Waals surface area contributed by atoms with Crippen LogP contribution in [0.5, 0.6) is 0 Å². The maximum atomic E-state index is 13.5. The number of alkyl halides is 3. The van der Waals surface area contributed by atoms with Gasteiger partial charge in [0.1, 0.15) is 0 Å². The molecule has 4 N–H and O–H groups in total. The first-order valence-corrected chi connectivity index (χ1v) is 10.6. The number of aliphatic hydroxyl groups excluding tert-OH is 1. The van der Waals surface area contributed by atoms with Crippen LogP contribution in [0.2, 0.25) is 0 Å². The molecule has 1 heterocycles. The number of allylic oxidation sites excluding steroid dienone is 6. The van der Waals surface area contributed by atoms with E-state index in [9.17, 15) is 28.2 Å². The van der Waals surface area contributed by atoms with Gasteiger partial charge in [-0.25, -0.2) is 0 Å². The molecule has 8 heteroatoms. The number of benzene rings is 1. The molecule has 0 spiro atoms. The molecule has 0 saturated heterocycles. The van der Waals surface area contributed by atoms with Gasteiger partial charge < -0.3 is 20.5 Å². The van der Waals surface area contributed by atoms with E-state index < -0.39 is 23.6 Å². The van der Waals surface area contributed by atoms with Crippen LogP contribution in [0.1, 0.15) is 49.3 Å². The molecule has 0 amide bonds. The average Bonchev–Trinajstić information content (AvgIpc) is 2.86. The first-order valence-electron chi connectivity index (χ1n) is 10.6. The maximum absolute atomic E-state index is 13.5. The van der Waals surface area contributed by atoms with Gasteiger partial charge in [0.05, 0.1) is 11.3 Å². The highest BCUT2D eigenvalue weighted by Crippen LogP contribution is 2.40. The van der Waals surface area contributed by atoms with Crippen LogP contribution in [0.3, 0.4) is 0 Å². The third kappa shape index (κ3) is 4.59. The molecule has 1 atom stereocenters. The second-order valence-corrected chi connectivity index (χ2v) is 8.75. The van der Waals surface area contributed by atoms with Crippen molar-refractivity contribution >= 4 is 22.3 Å². The number of ketones is 1. The van der Waals surface area contributed by atoms with Crippen molar-refractivity contribution in [3.63, 3.8) is 0 Å². The number of nitrogens with zero attached hydrogens (tertiary/aromatic N) is 1. The largest absolute Gasteiger partial charge is 0.416 e. The van der Waals surface area contributed by atoms with E-state index in [-0.39, 0.29) is 41.0 Å². The number of fused-ring (bicyclic) bond motifs is 1. The second kappa shape index (κ2) is 8.44. The van der Waals surface area contributed by atoms with Crippen LogP contribution in [0.15, 0.2) is 60.2 Å². The van der Waals surface area contributed by atoms with E-state index in [2.05, 4.69) is 0 Å². The minimum atomic E-state index is -4.59. The van der Waals surface area contributed by atoms with Gasteiger partial charge in [-0.2, -0.15) is 13.2 Å². The molecule has 5 nitrogen and oxygen atoms in total. The Kier molecular flexibility index (Phi) is 5.94. The Morgan fingerprint density at radius 1 is 1.24 bits per heavy atom. The van der Waals surface area contributed by atoms with Crippen molar-refractivity contribution < 1.29 is 28.2 Å². The first kappa shape index (κ1) is 23.2. The molecular weight excluding hydrogens is 433 g/mol. The van der Waals surface area contributed by atoms with Crippen molar-refractivity contribution in [2.45, 2.75) is 50.7 Å². The van der Waals surface area contributed by atoms with Gasteiger partial charge in [-0.15, -0.1) is 0 Å². The molecule has 0 fully saturated rings. The molecule has 1 aromatic heterocycles. The highest BCUT2D eigenvalue weighted by molar-refractivity contribution is 6.25. The summed E-state index contributed by atoms with van der Waals surface area (Å²) in [4.78, 5) is 12.9. The van der Waals surface area contributed by atoms with Crippen LogP contribution in [0, 0.1) is 0 Å². The van der Waals surface area contributed by atoms with Crippen molar-refractivity contribution in [2.24, 2.45) is 5.73 Å². The molecule has 1 aromatic carbocycles. The molecule has 2 aliphatic carbocycles. The molecule has 0 aliphatic heterocycles. The summed E-state index contributed by atoms with van der Waals surface area (Å²) in [5, 5.41) is 20.8. The lowest BCUT2D eigenvalue weighted by molar-refractivity contribution is -0.137. The Bertz CT molecular complexity index is 1230. The average molecular weight is 458 g/mol. The summed E-state index contributed by atoms with van der Waals surface area (Å²) < 4.78 is 42.1. The Hall–Kier alpha value is -2.94. The lowest BCUT2D eigenvalue weighted by Crippen LogP contribution is -2.34. The number of hydrogen-bond donors (Lipinski definition) is 3. The Balaban J connectivity index is 2.01. The van der Waals surface area contributed by atoms with Crippen LogP contribution in [0.4, 0.5) is 13.2 Å². The van der Waals surface area contributed by atoms with Crippen LogP contribution >= 0.6 is 0 Å². The Morgan fingerprint density at radius 2 is 2.00 bits per heavy atom. The molecule has 1 unspecified atom stereocenters. The van der Waals surface area contributed by atoms with Crippen molar-refractivity contribution in [1.29, 1.82) is 0 Å². The third-order valence-electron chi connectivity index (χ3n) is 5.93. The molecule has 0 saturated carbocycles.